The summed E-state index contributed by atoms with van der Waals surface area (Å²) in [5.41, 5.74) is 22.5. The zero-order chi connectivity index (χ0) is 98.4. The highest BCUT2D eigenvalue weighted by molar-refractivity contribution is 6.26. The van der Waals surface area contributed by atoms with Crippen molar-refractivity contribution < 1.29 is 8.83 Å². The van der Waals surface area contributed by atoms with Gasteiger partial charge < -0.3 is 13.4 Å². The molecule has 0 radical (unpaired) electrons. The summed E-state index contributed by atoms with van der Waals surface area (Å²) >= 11 is 0. The fourth-order valence-electron chi connectivity index (χ4n) is 21.8. The smallest absolute Gasteiger partial charge is 0.164 e. The molecular formula is C137H84N10O2. The Morgan fingerprint density at radius 2 is 0.503 bits per heavy atom. The van der Waals surface area contributed by atoms with Crippen molar-refractivity contribution >= 4 is 152 Å². The number of nitrogens with zero attached hydrogens (tertiary/aromatic N) is 10. The lowest BCUT2D eigenvalue weighted by molar-refractivity contribution is 0.669. The molecule has 0 unspecified atom stereocenters. The van der Waals surface area contributed by atoms with E-state index in [4.69, 9.17) is 53.7 Å². The highest BCUT2D eigenvalue weighted by Crippen LogP contribution is 2.49. The van der Waals surface area contributed by atoms with E-state index in [1.54, 1.807) is 0 Å². The first-order valence-electron chi connectivity index (χ1n) is 50.1. The van der Waals surface area contributed by atoms with Crippen LogP contribution in [-0.2, 0) is 0 Å². The Morgan fingerprint density at radius 3 is 1.09 bits per heavy atom. The van der Waals surface area contributed by atoms with Crippen molar-refractivity contribution in [2.24, 2.45) is 0 Å². The third kappa shape index (κ3) is 15.6. The molecule has 0 saturated heterocycles. The molecule has 30 rings (SSSR count). The van der Waals surface area contributed by atoms with Gasteiger partial charge in [0.25, 0.3) is 0 Å². The van der Waals surface area contributed by atoms with E-state index in [1.807, 2.05) is 164 Å². The Morgan fingerprint density at radius 1 is 0.148 bits per heavy atom. The molecule has 0 aliphatic rings. The molecule has 694 valence electrons. The average Bonchev–Trinajstić information content (AvgIpc) is 1.61. The van der Waals surface area contributed by atoms with E-state index in [2.05, 4.69) is 350 Å². The SMILES string of the molecule is c1ccc(-c2nc(-c3ccc4ccccc4c3)nc(-c3ccc(-c4cc5c(c6ccccc46)c4ccccc4n5-c4ccc5ccccc5c4)c4ccccc34)n2)cc1.c1ccc(-c2nc(-c3ccccc3)nc(-c3ccc4ccccc4c3-c3cccc4c3ccc3c5ccccc5oc43)n2)cc1.c1ccc(-c2nc(-c3ccccc3)nc(-c3cccc4c(-c5ccc6cc7oc8ccccc8c7cc6c5)cccc34)n2)cc1. The van der Waals surface area contributed by atoms with Crippen molar-refractivity contribution in [3.05, 3.63) is 510 Å². The second kappa shape index (κ2) is 36.6. The first kappa shape index (κ1) is 86.7. The zero-order valence-electron chi connectivity index (χ0n) is 80.3. The molecule has 0 aliphatic carbocycles. The molecule has 0 saturated carbocycles. The van der Waals surface area contributed by atoms with Crippen molar-refractivity contribution in [3.8, 4) is 142 Å². The van der Waals surface area contributed by atoms with Gasteiger partial charge >= 0.3 is 0 Å². The molecule has 149 heavy (non-hydrogen) atoms. The molecule has 6 heterocycles. The van der Waals surface area contributed by atoms with Gasteiger partial charge in [-0.3, -0.25) is 0 Å². The lowest BCUT2D eigenvalue weighted by Gasteiger charge is -2.16. The number of rotatable bonds is 13. The maximum Gasteiger partial charge on any atom is 0.164 e. The molecule has 24 aromatic carbocycles. The van der Waals surface area contributed by atoms with Crippen molar-refractivity contribution in [1.29, 1.82) is 0 Å². The number of hydrogen-bond acceptors (Lipinski definition) is 11. The van der Waals surface area contributed by atoms with Gasteiger partial charge in [-0.1, -0.05) is 431 Å². The van der Waals surface area contributed by atoms with Gasteiger partial charge in [-0.05, 0) is 187 Å². The molecule has 0 N–H and O–H groups in total. The quantitative estimate of drug-likeness (QED) is 0.109. The summed E-state index contributed by atoms with van der Waals surface area (Å²) in [7, 11) is 0. The Bertz CT molecular complexity index is 10500. The van der Waals surface area contributed by atoms with E-state index in [9.17, 15) is 0 Å². The summed E-state index contributed by atoms with van der Waals surface area (Å²) in [5, 5.41) is 25.5. The van der Waals surface area contributed by atoms with Crippen LogP contribution in [0.25, 0.3) is 293 Å². The minimum Gasteiger partial charge on any atom is -0.456 e. The summed E-state index contributed by atoms with van der Waals surface area (Å²) < 4.78 is 15.0. The molecular weight excluding hydrogens is 1820 g/mol. The van der Waals surface area contributed by atoms with Gasteiger partial charge in [-0.15, -0.1) is 0 Å². The third-order valence-corrected chi connectivity index (χ3v) is 28.8. The fourth-order valence-corrected chi connectivity index (χ4v) is 21.8. The van der Waals surface area contributed by atoms with Crippen molar-refractivity contribution in [2.45, 2.75) is 0 Å². The Balaban J connectivity index is 0.000000109. The Hall–Kier alpha value is -20.2. The van der Waals surface area contributed by atoms with E-state index in [1.165, 1.54) is 59.7 Å². The van der Waals surface area contributed by atoms with Crippen LogP contribution in [0.2, 0.25) is 0 Å². The van der Waals surface area contributed by atoms with Gasteiger partial charge in [0.05, 0.1) is 11.0 Å². The van der Waals surface area contributed by atoms with E-state index in [-0.39, 0.29) is 0 Å². The van der Waals surface area contributed by atoms with Gasteiger partial charge in [0.15, 0.2) is 52.4 Å². The molecule has 12 heteroatoms. The average molecular weight is 1900 g/mol. The van der Waals surface area contributed by atoms with Gasteiger partial charge in [0.2, 0.25) is 0 Å². The summed E-state index contributed by atoms with van der Waals surface area (Å²) in [4.78, 5) is 45.5. The number of furan rings is 2. The van der Waals surface area contributed by atoms with Crippen LogP contribution >= 0.6 is 0 Å². The molecule has 0 spiro atoms. The molecule has 0 aliphatic heterocycles. The monoisotopic (exact) mass is 1900 g/mol. The van der Waals surface area contributed by atoms with E-state index < -0.39 is 0 Å². The standard InChI is InChI=1S/C55H34N4.2C41H25N3O/c1-2-16-37(17-3-1)53-56-54(40-27-26-35-14-4-6-18-38(35)32-40)58-55(57-53)47-31-30-45(42-20-8-9-21-43(42)47)49-34-51-52(46-23-11-10-22-44(46)49)48-24-12-13-25-50(48)59(51)41-29-28-36-15-5-7-19-39(36)33-41;1-3-11-26(12-4-1)39-42-40(27-13-5-2-6-14-27)44-41(43-39)35-19-10-17-32-31(16-9-18-33(32)35)29-22-21-28-25-38-36(24-30(28)23-29)34-15-7-8-20-37(34)45-38;1-3-13-27(14-4-1)39-42-40(28-15-5-2-6-16-28)44-41(43-39)35-23-22-26-12-7-8-17-29(26)37(35)32-19-11-20-33-30(32)24-25-34-31-18-9-10-21-36(31)45-38(33)34/h1-34H;2*1-25H. The lowest BCUT2D eigenvalue weighted by atomic mass is 9.89. The first-order chi connectivity index (χ1) is 73.8. The molecule has 6 aromatic heterocycles. The first-order valence-corrected chi connectivity index (χ1v) is 50.1. The summed E-state index contributed by atoms with van der Waals surface area (Å²) in [5.74, 6) is 5.79. The minimum atomic E-state index is 0.630. The van der Waals surface area contributed by atoms with Gasteiger partial charge in [0.1, 0.15) is 22.3 Å². The molecule has 0 fully saturated rings. The predicted octanol–water partition coefficient (Wildman–Crippen LogP) is 35.7. The van der Waals surface area contributed by atoms with Crippen LogP contribution < -0.4 is 0 Å². The predicted molar refractivity (Wildman–Crippen MR) is 614 cm³/mol. The number of hydrogen-bond donors (Lipinski definition) is 0. The molecule has 0 atom stereocenters. The Labute approximate surface area is 855 Å². The van der Waals surface area contributed by atoms with Gasteiger partial charge in [0, 0.05) is 99.0 Å². The largest absolute Gasteiger partial charge is 0.456 e. The maximum absolute atomic E-state index is 6.46. The summed E-state index contributed by atoms with van der Waals surface area (Å²) in [6, 6.07) is 178. The highest BCUT2D eigenvalue weighted by Gasteiger charge is 2.27. The number of para-hydroxylation sites is 3. The third-order valence-electron chi connectivity index (χ3n) is 28.8. The second-order valence-corrected chi connectivity index (χ2v) is 37.6. The van der Waals surface area contributed by atoms with E-state index in [0.717, 1.165) is 181 Å². The maximum atomic E-state index is 6.46. The van der Waals surface area contributed by atoms with Crippen molar-refractivity contribution in [3.63, 3.8) is 0 Å². The van der Waals surface area contributed by atoms with E-state index in [0.29, 0.717) is 52.4 Å². The molecule has 30 aromatic rings. The topological polar surface area (TPSA) is 147 Å². The van der Waals surface area contributed by atoms with Gasteiger partial charge in [-0.2, -0.15) is 0 Å². The summed E-state index contributed by atoms with van der Waals surface area (Å²) in [6.07, 6.45) is 0. The van der Waals surface area contributed by atoms with Crippen molar-refractivity contribution in [1.82, 2.24) is 49.4 Å². The van der Waals surface area contributed by atoms with Gasteiger partial charge in [-0.25, -0.2) is 44.9 Å². The highest BCUT2D eigenvalue weighted by atomic mass is 16.3. The van der Waals surface area contributed by atoms with Crippen LogP contribution in [0.4, 0.5) is 0 Å². The second-order valence-electron chi connectivity index (χ2n) is 37.6. The lowest BCUT2D eigenvalue weighted by Crippen LogP contribution is -2.01. The van der Waals surface area contributed by atoms with E-state index >= 15 is 0 Å². The normalized spacial score (nSPS) is 11.6. The van der Waals surface area contributed by atoms with Crippen LogP contribution in [0.1, 0.15) is 0 Å². The molecule has 0 bridgehead atoms. The zero-order valence-corrected chi connectivity index (χ0v) is 80.3. The molecule has 0 amide bonds. The van der Waals surface area contributed by atoms with Crippen LogP contribution in [-0.4, -0.2) is 49.4 Å². The van der Waals surface area contributed by atoms with Crippen molar-refractivity contribution in [2.75, 3.05) is 0 Å². The fraction of sp³-hybridized carbons (Fsp3) is 0. The number of fused-ring (bicyclic) bond motifs is 19. The number of aromatic nitrogens is 10. The number of benzene rings is 24. The summed E-state index contributed by atoms with van der Waals surface area (Å²) in [6.45, 7) is 0. The van der Waals surface area contributed by atoms with Crippen LogP contribution in [0.15, 0.2) is 518 Å². The van der Waals surface area contributed by atoms with Crippen LogP contribution in [0, 0.1) is 0 Å². The Kier molecular flexibility index (Phi) is 21.3. The minimum absolute atomic E-state index is 0.630. The molecule has 12 nitrogen and oxygen atoms in total. The van der Waals surface area contributed by atoms with Crippen LogP contribution in [0.5, 0.6) is 0 Å². The van der Waals surface area contributed by atoms with Crippen LogP contribution in [0.3, 0.4) is 0 Å².